The molecule has 2 rings (SSSR count). The van der Waals surface area contributed by atoms with Gasteiger partial charge >= 0.3 is 0 Å². The average molecular weight is 282 g/mol. The number of ether oxygens (including phenoxy) is 1. The summed E-state index contributed by atoms with van der Waals surface area (Å²) in [5, 5.41) is 0.507. The number of halogens is 2. The number of nitrogens with two attached hydrogens (primary N) is 1. The van der Waals surface area contributed by atoms with Crippen LogP contribution < -0.4 is 16.0 Å². The Kier molecular flexibility index (Phi) is 4.31. The smallest absolute Gasteiger partial charge is 0.146 e. The summed E-state index contributed by atoms with van der Waals surface area (Å²) in [5.74, 6) is 5.63. The van der Waals surface area contributed by atoms with Gasteiger partial charge in [0.15, 0.2) is 0 Å². The van der Waals surface area contributed by atoms with Crippen LogP contribution in [0.15, 0.2) is 36.5 Å². The average Bonchev–Trinajstić information content (AvgIpc) is 2.42. The minimum Gasteiger partial charge on any atom is -0.496 e. The molecule has 6 heteroatoms. The van der Waals surface area contributed by atoms with Crippen LogP contribution in [0.3, 0.4) is 0 Å². The molecule has 0 aliphatic rings. The summed E-state index contributed by atoms with van der Waals surface area (Å²) in [7, 11) is 1.52. The predicted octanol–water partition coefficient (Wildman–Crippen LogP) is 2.44. The Morgan fingerprint density at radius 1 is 1.42 bits per heavy atom. The number of hydrogen-bond acceptors (Lipinski definition) is 4. The van der Waals surface area contributed by atoms with Gasteiger partial charge in [-0.05, 0) is 30.3 Å². The van der Waals surface area contributed by atoms with E-state index in [0.29, 0.717) is 16.3 Å². The topological polar surface area (TPSA) is 60.2 Å². The van der Waals surface area contributed by atoms with Crippen molar-refractivity contribution < 1.29 is 9.13 Å². The molecule has 1 atom stereocenters. The zero-order chi connectivity index (χ0) is 13.8. The van der Waals surface area contributed by atoms with Crippen molar-refractivity contribution in [2.24, 2.45) is 5.84 Å². The second-order valence-corrected chi connectivity index (χ2v) is 4.29. The Morgan fingerprint density at radius 3 is 2.84 bits per heavy atom. The van der Waals surface area contributed by atoms with Gasteiger partial charge in [0, 0.05) is 16.8 Å². The van der Waals surface area contributed by atoms with Crippen LogP contribution >= 0.6 is 11.6 Å². The van der Waals surface area contributed by atoms with E-state index in [2.05, 4.69) is 10.4 Å². The molecule has 0 spiro atoms. The number of hydrogen-bond donors (Lipinski definition) is 2. The number of aromatic nitrogens is 1. The van der Waals surface area contributed by atoms with Crippen LogP contribution in [0.5, 0.6) is 5.75 Å². The van der Waals surface area contributed by atoms with E-state index in [0.717, 1.165) is 0 Å². The molecule has 1 heterocycles. The zero-order valence-corrected chi connectivity index (χ0v) is 11.0. The van der Waals surface area contributed by atoms with E-state index in [-0.39, 0.29) is 5.69 Å². The maximum absolute atomic E-state index is 13.8. The minimum absolute atomic E-state index is 0.186. The molecule has 100 valence electrons. The quantitative estimate of drug-likeness (QED) is 0.667. The van der Waals surface area contributed by atoms with E-state index in [1.165, 1.54) is 25.4 Å². The third-order valence-corrected chi connectivity index (χ3v) is 2.96. The van der Waals surface area contributed by atoms with Crippen molar-refractivity contribution in [3.8, 4) is 5.75 Å². The third-order valence-electron chi connectivity index (χ3n) is 2.73. The SMILES string of the molecule is COc1ccc(Cl)cc1C(NN)c1ncccc1F. The summed E-state index contributed by atoms with van der Waals surface area (Å²) in [6.45, 7) is 0. The van der Waals surface area contributed by atoms with Gasteiger partial charge in [0.05, 0.1) is 18.8 Å². The number of benzene rings is 1. The summed E-state index contributed by atoms with van der Waals surface area (Å²) < 4.78 is 19.1. The van der Waals surface area contributed by atoms with Crippen LogP contribution in [0.25, 0.3) is 0 Å². The van der Waals surface area contributed by atoms with Gasteiger partial charge in [0.25, 0.3) is 0 Å². The number of nitrogens with one attached hydrogen (secondary N) is 1. The highest BCUT2D eigenvalue weighted by Gasteiger charge is 2.21. The van der Waals surface area contributed by atoms with Crippen molar-refractivity contribution >= 4 is 11.6 Å². The van der Waals surface area contributed by atoms with Crippen molar-refractivity contribution in [2.75, 3.05) is 7.11 Å². The molecule has 0 saturated carbocycles. The number of rotatable bonds is 4. The molecule has 1 unspecified atom stereocenters. The lowest BCUT2D eigenvalue weighted by Crippen LogP contribution is -2.30. The molecule has 2 aromatic rings. The van der Waals surface area contributed by atoms with E-state index < -0.39 is 11.9 Å². The second-order valence-electron chi connectivity index (χ2n) is 3.86. The normalized spacial score (nSPS) is 12.2. The molecule has 19 heavy (non-hydrogen) atoms. The zero-order valence-electron chi connectivity index (χ0n) is 10.2. The van der Waals surface area contributed by atoms with Gasteiger partial charge in [0.2, 0.25) is 0 Å². The standard InChI is InChI=1S/C13H13ClFN3O/c1-19-11-5-4-8(14)7-9(11)12(18-16)13-10(15)3-2-6-17-13/h2-7,12,18H,16H2,1H3. The van der Waals surface area contributed by atoms with Crippen LogP contribution in [0.2, 0.25) is 5.02 Å². The molecule has 3 N–H and O–H groups in total. The molecule has 0 aliphatic carbocycles. The summed E-state index contributed by atoms with van der Waals surface area (Å²) in [4.78, 5) is 4.01. The van der Waals surface area contributed by atoms with Crippen LogP contribution in [-0.4, -0.2) is 12.1 Å². The first-order valence-electron chi connectivity index (χ1n) is 5.57. The van der Waals surface area contributed by atoms with Gasteiger partial charge in [0.1, 0.15) is 11.6 Å². The van der Waals surface area contributed by atoms with Crippen LogP contribution in [0.1, 0.15) is 17.3 Å². The fraction of sp³-hybridized carbons (Fsp3) is 0.154. The minimum atomic E-state index is -0.644. The molecule has 0 bridgehead atoms. The fourth-order valence-corrected chi connectivity index (χ4v) is 2.04. The van der Waals surface area contributed by atoms with E-state index in [9.17, 15) is 4.39 Å². The molecule has 4 nitrogen and oxygen atoms in total. The van der Waals surface area contributed by atoms with Crippen molar-refractivity contribution in [1.29, 1.82) is 0 Å². The van der Waals surface area contributed by atoms with Crippen molar-refractivity contribution in [2.45, 2.75) is 6.04 Å². The van der Waals surface area contributed by atoms with E-state index in [1.807, 2.05) is 0 Å². The van der Waals surface area contributed by atoms with Gasteiger partial charge in [-0.2, -0.15) is 0 Å². The largest absolute Gasteiger partial charge is 0.496 e. The summed E-state index contributed by atoms with van der Waals surface area (Å²) in [6, 6.07) is 7.24. The predicted molar refractivity (Wildman–Crippen MR) is 71.4 cm³/mol. The first kappa shape index (κ1) is 13.7. The summed E-state index contributed by atoms with van der Waals surface area (Å²) in [6.07, 6.45) is 1.50. The van der Waals surface area contributed by atoms with E-state index >= 15 is 0 Å². The van der Waals surface area contributed by atoms with Gasteiger partial charge in [-0.1, -0.05) is 11.6 Å². The molecule has 0 radical (unpaired) electrons. The number of nitrogens with zero attached hydrogens (tertiary/aromatic N) is 1. The molecule has 0 amide bonds. The van der Waals surface area contributed by atoms with Gasteiger partial charge < -0.3 is 4.74 Å². The van der Waals surface area contributed by atoms with E-state index in [4.69, 9.17) is 22.2 Å². The lowest BCUT2D eigenvalue weighted by atomic mass is 10.0. The molecular formula is C13H13ClFN3O. The molecule has 0 aliphatic heterocycles. The highest BCUT2D eigenvalue weighted by Crippen LogP contribution is 2.31. The highest BCUT2D eigenvalue weighted by molar-refractivity contribution is 6.30. The molecule has 0 saturated heterocycles. The van der Waals surface area contributed by atoms with Gasteiger partial charge in [-0.15, -0.1) is 0 Å². The Balaban J connectivity index is 2.54. The first-order valence-corrected chi connectivity index (χ1v) is 5.95. The van der Waals surface area contributed by atoms with Gasteiger partial charge in [-0.25, -0.2) is 9.82 Å². The monoisotopic (exact) mass is 281 g/mol. The van der Waals surface area contributed by atoms with Crippen molar-refractivity contribution in [3.05, 3.63) is 58.6 Å². The lowest BCUT2D eigenvalue weighted by Gasteiger charge is -2.19. The number of pyridine rings is 1. The van der Waals surface area contributed by atoms with Crippen LogP contribution in [0, 0.1) is 5.82 Å². The molecular weight excluding hydrogens is 269 g/mol. The summed E-state index contributed by atoms with van der Waals surface area (Å²) >= 11 is 5.96. The lowest BCUT2D eigenvalue weighted by molar-refractivity contribution is 0.402. The Bertz CT molecular complexity index is 580. The summed E-state index contributed by atoms with van der Waals surface area (Å²) in [5.41, 5.74) is 3.34. The number of hydrazine groups is 1. The van der Waals surface area contributed by atoms with Crippen molar-refractivity contribution in [3.63, 3.8) is 0 Å². The van der Waals surface area contributed by atoms with Gasteiger partial charge in [-0.3, -0.25) is 10.8 Å². The van der Waals surface area contributed by atoms with E-state index in [1.54, 1.807) is 18.2 Å². The third kappa shape index (κ3) is 2.84. The number of methoxy groups -OCH3 is 1. The molecule has 0 fully saturated rings. The van der Waals surface area contributed by atoms with Crippen molar-refractivity contribution in [1.82, 2.24) is 10.4 Å². The fourth-order valence-electron chi connectivity index (χ4n) is 1.86. The Hall–Kier alpha value is -1.69. The maximum Gasteiger partial charge on any atom is 0.146 e. The maximum atomic E-state index is 13.8. The Morgan fingerprint density at radius 2 is 2.21 bits per heavy atom. The van der Waals surface area contributed by atoms with Crippen LogP contribution in [0.4, 0.5) is 4.39 Å². The van der Waals surface area contributed by atoms with Crippen LogP contribution in [-0.2, 0) is 0 Å². The highest BCUT2D eigenvalue weighted by atomic mass is 35.5. The first-order chi connectivity index (χ1) is 9.17. The molecule has 1 aromatic heterocycles. The Labute approximate surface area is 115 Å². The molecule has 1 aromatic carbocycles. The second kappa shape index (κ2) is 5.97.